The highest BCUT2D eigenvalue weighted by Crippen LogP contribution is 2.49. The molecule has 15 heavy (non-hydrogen) atoms. The molecule has 1 spiro atoms. The van der Waals surface area contributed by atoms with Crippen molar-refractivity contribution in [2.45, 2.75) is 51.4 Å². The van der Waals surface area contributed by atoms with Crippen molar-refractivity contribution in [2.24, 2.45) is 17.1 Å². The SMILES string of the molecule is NCCC1CCSCC12CCCCCC2. The van der Waals surface area contributed by atoms with Crippen LogP contribution in [0, 0.1) is 11.3 Å². The van der Waals surface area contributed by atoms with Crippen molar-refractivity contribution in [1.82, 2.24) is 0 Å². The van der Waals surface area contributed by atoms with Gasteiger partial charge in [-0.25, -0.2) is 0 Å². The zero-order chi connectivity index (χ0) is 10.6. The van der Waals surface area contributed by atoms with Crippen LogP contribution in [-0.2, 0) is 0 Å². The smallest absolute Gasteiger partial charge is 0.000814 e. The molecular weight excluding hydrogens is 202 g/mol. The second-order valence-corrected chi connectivity index (χ2v) is 6.50. The third-order valence-electron chi connectivity index (χ3n) is 4.48. The van der Waals surface area contributed by atoms with Gasteiger partial charge in [-0.15, -0.1) is 0 Å². The standard InChI is InChI=1S/C13H25NS/c14-9-5-12-6-10-15-11-13(12)7-3-1-2-4-8-13/h12H,1-11,14H2. The quantitative estimate of drug-likeness (QED) is 0.782. The van der Waals surface area contributed by atoms with Crippen LogP contribution < -0.4 is 5.73 Å². The van der Waals surface area contributed by atoms with E-state index in [1.54, 1.807) is 0 Å². The van der Waals surface area contributed by atoms with Crippen molar-refractivity contribution in [1.29, 1.82) is 0 Å². The number of hydrogen-bond acceptors (Lipinski definition) is 2. The van der Waals surface area contributed by atoms with E-state index < -0.39 is 0 Å². The molecule has 0 aromatic carbocycles. The molecule has 2 rings (SSSR count). The van der Waals surface area contributed by atoms with Crippen LogP contribution in [0.5, 0.6) is 0 Å². The molecule has 0 aromatic heterocycles. The topological polar surface area (TPSA) is 26.0 Å². The van der Waals surface area contributed by atoms with Crippen molar-refractivity contribution in [3.8, 4) is 0 Å². The van der Waals surface area contributed by atoms with E-state index in [0.717, 1.165) is 12.5 Å². The van der Waals surface area contributed by atoms with Crippen molar-refractivity contribution < 1.29 is 0 Å². The third kappa shape index (κ3) is 2.71. The minimum atomic E-state index is 0.693. The van der Waals surface area contributed by atoms with Gasteiger partial charge in [-0.3, -0.25) is 0 Å². The highest BCUT2D eigenvalue weighted by Gasteiger charge is 2.40. The van der Waals surface area contributed by atoms with Gasteiger partial charge in [-0.05, 0) is 55.1 Å². The van der Waals surface area contributed by atoms with Crippen LogP contribution in [0.15, 0.2) is 0 Å². The molecule has 2 aliphatic rings. The van der Waals surface area contributed by atoms with Crippen LogP contribution in [0.25, 0.3) is 0 Å². The van der Waals surface area contributed by atoms with Crippen LogP contribution >= 0.6 is 11.8 Å². The number of thioether (sulfide) groups is 1. The van der Waals surface area contributed by atoms with E-state index in [2.05, 4.69) is 11.8 Å². The first kappa shape index (κ1) is 11.8. The summed E-state index contributed by atoms with van der Waals surface area (Å²) in [4.78, 5) is 0. The molecule has 1 saturated carbocycles. The lowest BCUT2D eigenvalue weighted by atomic mass is 9.68. The predicted molar refractivity (Wildman–Crippen MR) is 69.2 cm³/mol. The van der Waals surface area contributed by atoms with E-state index in [1.165, 1.54) is 62.9 Å². The van der Waals surface area contributed by atoms with E-state index in [0.29, 0.717) is 5.41 Å². The monoisotopic (exact) mass is 227 g/mol. The minimum absolute atomic E-state index is 0.693. The Kier molecular flexibility index (Phi) is 4.39. The van der Waals surface area contributed by atoms with E-state index in [4.69, 9.17) is 5.73 Å². The van der Waals surface area contributed by atoms with E-state index in [1.807, 2.05) is 0 Å². The lowest BCUT2D eigenvalue weighted by Gasteiger charge is -2.44. The first-order valence-electron chi connectivity index (χ1n) is 6.65. The average molecular weight is 227 g/mol. The molecule has 1 heterocycles. The molecule has 88 valence electrons. The van der Waals surface area contributed by atoms with Crippen LogP contribution in [0.1, 0.15) is 51.4 Å². The number of hydrogen-bond donors (Lipinski definition) is 1. The molecule has 0 aromatic rings. The Morgan fingerprint density at radius 1 is 1.13 bits per heavy atom. The summed E-state index contributed by atoms with van der Waals surface area (Å²) in [5, 5.41) is 0. The fraction of sp³-hybridized carbons (Fsp3) is 1.00. The van der Waals surface area contributed by atoms with Gasteiger partial charge in [0.1, 0.15) is 0 Å². The minimum Gasteiger partial charge on any atom is -0.330 e. The van der Waals surface area contributed by atoms with Gasteiger partial charge < -0.3 is 5.73 Å². The molecule has 2 heteroatoms. The Morgan fingerprint density at radius 3 is 2.53 bits per heavy atom. The molecule has 1 saturated heterocycles. The molecule has 1 aliphatic carbocycles. The van der Waals surface area contributed by atoms with Crippen LogP contribution in [-0.4, -0.2) is 18.1 Å². The summed E-state index contributed by atoms with van der Waals surface area (Å²) in [5.41, 5.74) is 6.47. The van der Waals surface area contributed by atoms with Gasteiger partial charge >= 0.3 is 0 Å². The lowest BCUT2D eigenvalue weighted by Crippen LogP contribution is -2.37. The molecule has 0 radical (unpaired) electrons. The molecule has 1 aliphatic heterocycles. The van der Waals surface area contributed by atoms with Crippen LogP contribution in [0.3, 0.4) is 0 Å². The molecule has 2 N–H and O–H groups in total. The maximum atomic E-state index is 5.78. The maximum absolute atomic E-state index is 5.78. The van der Waals surface area contributed by atoms with Crippen molar-refractivity contribution in [2.75, 3.05) is 18.1 Å². The van der Waals surface area contributed by atoms with Gasteiger partial charge in [-0.2, -0.15) is 11.8 Å². The Bertz CT molecular complexity index is 183. The zero-order valence-electron chi connectivity index (χ0n) is 9.84. The zero-order valence-corrected chi connectivity index (χ0v) is 10.7. The lowest BCUT2D eigenvalue weighted by molar-refractivity contribution is 0.144. The summed E-state index contributed by atoms with van der Waals surface area (Å²) in [6, 6.07) is 0. The van der Waals surface area contributed by atoms with Gasteiger partial charge in [-0.1, -0.05) is 25.7 Å². The summed E-state index contributed by atoms with van der Waals surface area (Å²) >= 11 is 2.20. The molecule has 2 fully saturated rings. The van der Waals surface area contributed by atoms with E-state index in [9.17, 15) is 0 Å². The second-order valence-electron chi connectivity index (χ2n) is 5.39. The first-order chi connectivity index (χ1) is 7.37. The molecule has 1 atom stereocenters. The van der Waals surface area contributed by atoms with Gasteiger partial charge in [0.15, 0.2) is 0 Å². The molecule has 0 bridgehead atoms. The van der Waals surface area contributed by atoms with Gasteiger partial charge in [0.25, 0.3) is 0 Å². The summed E-state index contributed by atoms with van der Waals surface area (Å²) in [5.74, 6) is 3.76. The van der Waals surface area contributed by atoms with Crippen molar-refractivity contribution in [3.05, 3.63) is 0 Å². The average Bonchev–Trinajstić information content (AvgIpc) is 2.49. The van der Waals surface area contributed by atoms with E-state index in [-0.39, 0.29) is 0 Å². The Balaban J connectivity index is 2.05. The Hall–Kier alpha value is 0.310. The third-order valence-corrected chi connectivity index (χ3v) is 5.78. The summed E-state index contributed by atoms with van der Waals surface area (Å²) in [7, 11) is 0. The Morgan fingerprint density at radius 2 is 1.87 bits per heavy atom. The number of nitrogens with two attached hydrogens (primary N) is 1. The normalized spacial score (nSPS) is 31.4. The van der Waals surface area contributed by atoms with E-state index >= 15 is 0 Å². The summed E-state index contributed by atoms with van der Waals surface area (Å²) in [6.07, 6.45) is 11.6. The predicted octanol–water partition coefficient (Wildman–Crippen LogP) is 3.43. The van der Waals surface area contributed by atoms with Crippen LogP contribution in [0.2, 0.25) is 0 Å². The first-order valence-corrected chi connectivity index (χ1v) is 7.81. The van der Waals surface area contributed by atoms with Gasteiger partial charge in [0.2, 0.25) is 0 Å². The molecular formula is C13H25NS. The molecule has 0 amide bonds. The van der Waals surface area contributed by atoms with Crippen molar-refractivity contribution >= 4 is 11.8 Å². The Labute approximate surface area is 98.6 Å². The summed E-state index contributed by atoms with van der Waals surface area (Å²) in [6.45, 7) is 0.900. The fourth-order valence-corrected chi connectivity index (χ4v) is 5.09. The molecule has 1 nitrogen and oxygen atoms in total. The van der Waals surface area contributed by atoms with Crippen LogP contribution in [0.4, 0.5) is 0 Å². The highest BCUT2D eigenvalue weighted by atomic mass is 32.2. The largest absolute Gasteiger partial charge is 0.330 e. The highest BCUT2D eigenvalue weighted by molar-refractivity contribution is 7.99. The maximum Gasteiger partial charge on any atom is -0.000814 e. The summed E-state index contributed by atoms with van der Waals surface area (Å²) < 4.78 is 0. The second kappa shape index (κ2) is 5.58. The van der Waals surface area contributed by atoms with Gasteiger partial charge in [0, 0.05) is 0 Å². The van der Waals surface area contributed by atoms with Crippen molar-refractivity contribution in [3.63, 3.8) is 0 Å². The van der Waals surface area contributed by atoms with Gasteiger partial charge in [0.05, 0.1) is 0 Å². The molecule has 1 unspecified atom stereocenters. The number of rotatable bonds is 2. The fourth-order valence-electron chi connectivity index (χ4n) is 3.56.